The van der Waals surface area contributed by atoms with Crippen molar-refractivity contribution in [3.8, 4) is 0 Å². The molecule has 7 nitrogen and oxygen atoms in total. The lowest BCUT2D eigenvalue weighted by atomic mass is 10.1. The van der Waals surface area contributed by atoms with E-state index in [1.165, 1.54) is 5.56 Å². The lowest BCUT2D eigenvalue weighted by Crippen LogP contribution is -2.26. The zero-order chi connectivity index (χ0) is 20.5. The molecule has 0 unspecified atom stereocenters. The minimum absolute atomic E-state index is 0.142. The van der Waals surface area contributed by atoms with Gasteiger partial charge in [-0.3, -0.25) is 19.0 Å². The Morgan fingerprint density at radius 3 is 2.55 bits per heavy atom. The van der Waals surface area contributed by atoms with Crippen LogP contribution in [0.15, 0.2) is 59.7 Å². The third-order valence-corrected chi connectivity index (χ3v) is 4.78. The number of aromatic nitrogens is 4. The molecule has 0 aliphatic heterocycles. The second kappa shape index (κ2) is 7.35. The Morgan fingerprint density at radius 2 is 1.79 bits per heavy atom. The van der Waals surface area contributed by atoms with Gasteiger partial charge >= 0.3 is 0 Å². The predicted molar refractivity (Wildman–Crippen MR) is 112 cm³/mol. The van der Waals surface area contributed by atoms with Crippen LogP contribution in [0.2, 0.25) is 0 Å². The molecule has 0 bridgehead atoms. The van der Waals surface area contributed by atoms with E-state index in [-0.39, 0.29) is 11.1 Å². The molecule has 7 heteroatoms. The number of amides is 1. The summed E-state index contributed by atoms with van der Waals surface area (Å²) in [4.78, 5) is 25.5. The first-order valence-corrected chi connectivity index (χ1v) is 9.28. The lowest BCUT2D eigenvalue weighted by molar-refractivity contribution is 0.101. The lowest BCUT2D eigenvalue weighted by Gasteiger charge is -2.08. The van der Waals surface area contributed by atoms with Crippen LogP contribution in [0.4, 0.5) is 5.69 Å². The molecule has 0 saturated heterocycles. The number of nitrogens with zero attached hydrogens (tertiary/aromatic N) is 4. The van der Waals surface area contributed by atoms with Crippen molar-refractivity contribution in [3.05, 3.63) is 87.5 Å². The smallest absolute Gasteiger partial charge is 0.280 e. The Bertz CT molecular complexity index is 1270. The van der Waals surface area contributed by atoms with E-state index in [4.69, 9.17) is 0 Å². The number of fused-ring (bicyclic) bond motifs is 1. The van der Waals surface area contributed by atoms with Crippen molar-refractivity contribution in [3.63, 3.8) is 0 Å². The monoisotopic (exact) mass is 387 g/mol. The van der Waals surface area contributed by atoms with Gasteiger partial charge in [-0.25, -0.2) is 0 Å². The van der Waals surface area contributed by atoms with Gasteiger partial charge in [0.25, 0.3) is 5.91 Å². The SMILES string of the molecule is Cc1ccc(Cn2cc(NC(=O)c3nn(C)c4ccc(C)cc4c3=O)cn2)cc1. The molecule has 2 heterocycles. The van der Waals surface area contributed by atoms with E-state index in [0.29, 0.717) is 23.1 Å². The molecule has 29 heavy (non-hydrogen) atoms. The van der Waals surface area contributed by atoms with E-state index in [1.54, 1.807) is 34.9 Å². The van der Waals surface area contributed by atoms with Crippen LogP contribution in [0.3, 0.4) is 0 Å². The van der Waals surface area contributed by atoms with Crippen LogP contribution in [-0.4, -0.2) is 25.5 Å². The van der Waals surface area contributed by atoms with Gasteiger partial charge in [-0.1, -0.05) is 41.5 Å². The molecular formula is C22H21N5O2. The molecule has 1 amide bonds. The predicted octanol–water partition coefficient (Wildman–Crippen LogP) is 3.05. The molecule has 0 aliphatic carbocycles. The summed E-state index contributed by atoms with van der Waals surface area (Å²) in [6, 6.07) is 13.7. The molecule has 0 spiro atoms. The molecule has 2 aromatic carbocycles. The second-order valence-electron chi connectivity index (χ2n) is 7.19. The fourth-order valence-electron chi connectivity index (χ4n) is 3.22. The summed E-state index contributed by atoms with van der Waals surface area (Å²) in [6.45, 7) is 4.53. The molecule has 4 aromatic rings. The van der Waals surface area contributed by atoms with Crippen molar-refractivity contribution in [2.45, 2.75) is 20.4 Å². The van der Waals surface area contributed by atoms with Gasteiger partial charge in [0.15, 0.2) is 5.69 Å². The summed E-state index contributed by atoms with van der Waals surface area (Å²) in [5, 5.41) is 11.7. The van der Waals surface area contributed by atoms with Crippen LogP contribution in [0.5, 0.6) is 0 Å². The van der Waals surface area contributed by atoms with Crippen molar-refractivity contribution in [2.24, 2.45) is 7.05 Å². The number of rotatable bonds is 4. The van der Waals surface area contributed by atoms with Gasteiger partial charge in [-0.05, 0) is 31.5 Å². The molecule has 146 valence electrons. The average Bonchev–Trinajstić information content (AvgIpc) is 3.13. The van der Waals surface area contributed by atoms with E-state index >= 15 is 0 Å². The van der Waals surface area contributed by atoms with Crippen molar-refractivity contribution in [1.29, 1.82) is 0 Å². The first kappa shape index (κ1) is 18.6. The standard InChI is InChI=1S/C22H21N5O2/c1-14-4-7-16(8-5-14)12-27-13-17(11-23-27)24-22(29)20-21(28)18-10-15(2)6-9-19(18)26(3)25-20/h4-11,13H,12H2,1-3H3,(H,24,29). The Balaban J connectivity index is 1.57. The zero-order valence-corrected chi connectivity index (χ0v) is 16.5. The third kappa shape index (κ3) is 3.80. The Hall–Kier alpha value is -3.74. The average molecular weight is 387 g/mol. The summed E-state index contributed by atoms with van der Waals surface area (Å²) < 4.78 is 3.28. The fraction of sp³-hybridized carbons (Fsp3) is 0.182. The van der Waals surface area contributed by atoms with Crippen LogP contribution in [0.25, 0.3) is 10.9 Å². The first-order valence-electron chi connectivity index (χ1n) is 9.28. The topological polar surface area (TPSA) is 81.8 Å². The van der Waals surface area contributed by atoms with Gasteiger partial charge in [-0.15, -0.1) is 0 Å². The number of nitrogens with one attached hydrogen (secondary N) is 1. The third-order valence-electron chi connectivity index (χ3n) is 4.78. The molecule has 1 N–H and O–H groups in total. The largest absolute Gasteiger partial charge is 0.318 e. The Labute approximate surface area is 167 Å². The van der Waals surface area contributed by atoms with Crippen LogP contribution >= 0.6 is 0 Å². The van der Waals surface area contributed by atoms with Gasteiger partial charge < -0.3 is 5.32 Å². The highest BCUT2D eigenvalue weighted by Crippen LogP contribution is 2.13. The van der Waals surface area contributed by atoms with E-state index < -0.39 is 5.91 Å². The number of benzene rings is 2. The number of hydrogen-bond donors (Lipinski definition) is 1. The molecule has 0 aliphatic rings. The fourth-order valence-corrected chi connectivity index (χ4v) is 3.22. The molecule has 0 saturated carbocycles. The van der Waals surface area contributed by atoms with E-state index in [0.717, 1.165) is 11.1 Å². The molecule has 2 aromatic heterocycles. The number of hydrogen-bond acceptors (Lipinski definition) is 4. The van der Waals surface area contributed by atoms with Gasteiger partial charge in [0.2, 0.25) is 5.43 Å². The maximum absolute atomic E-state index is 12.8. The van der Waals surface area contributed by atoms with Crippen molar-refractivity contribution in [2.75, 3.05) is 5.32 Å². The number of carbonyl (C=O) groups excluding carboxylic acids is 1. The van der Waals surface area contributed by atoms with Crippen LogP contribution in [-0.2, 0) is 13.6 Å². The zero-order valence-electron chi connectivity index (χ0n) is 16.5. The molecule has 0 radical (unpaired) electrons. The first-order chi connectivity index (χ1) is 13.9. The van der Waals surface area contributed by atoms with E-state index in [2.05, 4.69) is 15.5 Å². The summed E-state index contributed by atoms with van der Waals surface area (Å²) in [7, 11) is 1.72. The quantitative estimate of drug-likeness (QED) is 0.584. The molecule has 0 atom stereocenters. The highest BCUT2D eigenvalue weighted by Gasteiger charge is 2.17. The Kier molecular flexibility index (Phi) is 4.72. The number of carbonyl (C=O) groups is 1. The van der Waals surface area contributed by atoms with Crippen molar-refractivity contribution in [1.82, 2.24) is 19.6 Å². The van der Waals surface area contributed by atoms with Crippen molar-refractivity contribution >= 4 is 22.5 Å². The maximum atomic E-state index is 12.8. The minimum Gasteiger partial charge on any atom is -0.318 e. The number of anilines is 1. The number of aryl methyl sites for hydroxylation is 3. The maximum Gasteiger partial charge on any atom is 0.280 e. The minimum atomic E-state index is -0.552. The summed E-state index contributed by atoms with van der Waals surface area (Å²) in [5.74, 6) is -0.552. The summed E-state index contributed by atoms with van der Waals surface area (Å²) in [5.41, 5.74) is 3.92. The molecule has 0 fully saturated rings. The summed E-state index contributed by atoms with van der Waals surface area (Å²) >= 11 is 0. The van der Waals surface area contributed by atoms with Crippen molar-refractivity contribution < 1.29 is 4.79 Å². The van der Waals surface area contributed by atoms with Crippen LogP contribution < -0.4 is 10.7 Å². The normalized spacial score (nSPS) is 11.0. The van der Waals surface area contributed by atoms with Gasteiger partial charge in [-0.2, -0.15) is 10.2 Å². The van der Waals surface area contributed by atoms with Crippen LogP contribution in [0, 0.1) is 13.8 Å². The molecule has 4 rings (SSSR count). The second-order valence-corrected chi connectivity index (χ2v) is 7.19. The van der Waals surface area contributed by atoms with E-state index in [9.17, 15) is 9.59 Å². The van der Waals surface area contributed by atoms with E-state index in [1.807, 2.05) is 50.2 Å². The Morgan fingerprint density at radius 1 is 1.07 bits per heavy atom. The van der Waals surface area contributed by atoms with Gasteiger partial charge in [0.05, 0.1) is 29.3 Å². The summed E-state index contributed by atoms with van der Waals surface area (Å²) in [6.07, 6.45) is 3.29. The van der Waals surface area contributed by atoms with Gasteiger partial charge in [0, 0.05) is 13.2 Å². The van der Waals surface area contributed by atoms with Crippen LogP contribution in [0.1, 0.15) is 27.2 Å². The highest BCUT2D eigenvalue weighted by atomic mass is 16.2. The van der Waals surface area contributed by atoms with Gasteiger partial charge in [0.1, 0.15) is 0 Å². The highest BCUT2D eigenvalue weighted by molar-refractivity contribution is 6.04. The molecular weight excluding hydrogens is 366 g/mol.